The van der Waals surface area contributed by atoms with Crippen molar-refractivity contribution in [2.24, 2.45) is 0 Å². The van der Waals surface area contributed by atoms with Gasteiger partial charge >= 0.3 is 0 Å². The van der Waals surface area contributed by atoms with Gasteiger partial charge in [0.05, 0.1) is 11.3 Å². The Balaban J connectivity index is 1.76. The number of carbonyl (C=O) groups excluding carboxylic acids is 1. The summed E-state index contributed by atoms with van der Waals surface area (Å²) in [7, 11) is -3.56. The lowest BCUT2D eigenvalue weighted by molar-refractivity contribution is -0.115. The predicted octanol–water partition coefficient (Wildman–Crippen LogP) is 3.49. The molecule has 0 spiro atoms. The number of piperidine rings is 1. The molecule has 0 radical (unpaired) electrons. The van der Waals surface area contributed by atoms with E-state index in [4.69, 9.17) is 0 Å². The lowest BCUT2D eigenvalue weighted by atomic mass is 10.1. The molecule has 1 saturated heterocycles. The van der Waals surface area contributed by atoms with Crippen LogP contribution in [0.25, 0.3) is 0 Å². The summed E-state index contributed by atoms with van der Waals surface area (Å²) in [5, 5.41) is 2.77. The maximum atomic E-state index is 13.0. The normalized spacial score (nSPS) is 15.5. The number of sulfonamides is 1. The zero-order valence-electron chi connectivity index (χ0n) is 15.2. The highest BCUT2D eigenvalue weighted by molar-refractivity contribution is 7.89. The van der Waals surface area contributed by atoms with Crippen molar-refractivity contribution in [3.8, 4) is 0 Å². The van der Waals surface area contributed by atoms with Gasteiger partial charge in [0, 0.05) is 18.8 Å². The molecule has 3 rings (SSSR count). The minimum Gasteiger partial charge on any atom is -0.326 e. The van der Waals surface area contributed by atoms with Crippen LogP contribution in [0.4, 0.5) is 10.1 Å². The van der Waals surface area contributed by atoms with Crippen LogP contribution in [0.5, 0.6) is 0 Å². The van der Waals surface area contributed by atoms with Crippen molar-refractivity contribution >= 4 is 21.6 Å². The van der Waals surface area contributed by atoms with Gasteiger partial charge < -0.3 is 5.32 Å². The molecule has 0 bridgehead atoms. The molecule has 1 aliphatic rings. The van der Waals surface area contributed by atoms with Crippen LogP contribution in [0.2, 0.25) is 0 Å². The smallest absolute Gasteiger partial charge is 0.243 e. The molecule has 1 aliphatic heterocycles. The van der Waals surface area contributed by atoms with Crippen LogP contribution in [0, 0.1) is 12.7 Å². The Morgan fingerprint density at radius 3 is 2.41 bits per heavy atom. The molecule has 2 aromatic carbocycles. The van der Waals surface area contributed by atoms with Gasteiger partial charge in [0.25, 0.3) is 0 Å². The molecule has 7 heteroatoms. The van der Waals surface area contributed by atoms with Crippen molar-refractivity contribution in [2.45, 2.75) is 37.5 Å². The van der Waals surface area contributed by atoms with E-state index in [1.807, 2.05) is 6.92 Å². The first kappa shape index (κ1) is 19.5. The summed E-state index contributed by atoms with van der Waals surface area (Å²) in [6.07, 6.45) is 2.87. The van der Waals surface area contributed by atoms with Gasteiger partial charge in [0.1, 0.15) is 5.82 Å². The number of hydrogen-bond donors (Lipinski definition) is 1. The SMILES string of the molecule is Cc1ccc(S(=O)(=O)N2CCCCC2)cc1NC(=O)Cc1ccc(F)cc1. The third kappa shape index (κ3) is 4.73. The van der Waals surface area contributed by atoms with Gasteiger partial charge in [-0.05, 0) is 55.2 Å². The van der Waals surface area contributed by atoms with Crippen LogP contribution in [0.1, 0.15) is 30.4 Å². The third-order valence-electron chi connectivity index (χ3n) is 4.71. The first-order chi connectivity index (χ1) is 12.9. The number of nitrogens with zero attached hydrogens (tertiary/aromatic N) is 1. The molecule has 1 N–H and O–H groups in total. The molecule has 1 fully saturated rings. The fraction of sp³-hybridized carbons (Fsp3) is 0.350. The van der Waals surface area contributed by atoms with Crippen molar-refractivity contribution < 1.29 is 17.6 Å². The second kappa shape index (κ2) is 8.19. The summed E-state index contributed by atoms with van der Waals surface area (Å²) in [5.74, 6) is -0.636. The van der Waals surface area contributed by atoms with E-state index >= 15 is 0 Å². The number of hydrogen-bond acceptors (Lipinski definition) is 3. The molecule has 5 nitrogen and oxygen atoms in total. The monoisotopic (exact) mass is 390 g/mol. The molecule has 0 aliphatic carbocycles. The van der Waals surface area contributed by atoms with Gasteiger partial charge in [0.2, 0.25) is 15.9 Å². The molecular weight excluding hydrogens is 367 g/mol. The van der Waals surface area contributed by atoms with Crippen LogP contribution in [-0.2, 0) is 21.2 Å². The Hall–Kier alpha value is -2.25. The number of halogens is 1. The van der Waals surface area contributed by atoms with Gasteiger partial charge in [-0.25, -0.2) is 12.8 Å². The Morgan fingerprint density at radius 2 is 1.74 bits per heavy atom. The molecule has 27 heavy (non-hydrogen) atoms. The quantitative estimate of drug-likeness (QED) is 0.850. The molecule has 1 heterocycles. The van der Waals surface area contributed by atoms with Crippen LogP contribution in [-0.4, -0.2) is 31.7 Å². The van der Waals surface area contributed by atoms with E-state index in [0.717, 1.165) is 24.8 Å². The van der Waals surface area contributed by atoms with Crippen molar-refractivity contribution in [1.82, 2.24) is 4.31 Å². The number of aryl methyl sites for hydroxylation is 1. The van der Waals surface area contributed by atoms with Crippen LogP contribution in [0.15, 0.2) is 47.4 Å². The van der Waals surface area contributed by atoms with E-state index in [1.54, 1.807) is 24.3 Å². The summed E-state index contributed by atoms with van der Waals surface area (Å²) in [4.78, 5) is 12.5. The van der Waals surface area contributed by atoms with E-state index in [2.05, 4.69) is 5.32 Å². The highest BCUT2D eigenvalue weighted by Crippen LogP contribution is 2.25. The summed E-state index contributed by atoms with van der Waals surface area (Å²) in [6.45, 7) is 2.87. The summed E-state index contributed by atoms with van der Waals surface area (Å²) >= 11 is 0. The molecule has 2 aromatic rings. The lowest BCUT2D eigenvalue weighted by Gasteiger charge is -2.26. The van der Waals surface area contributed by atoms with Crippen molar-refractivity contribution in [3.05, 3.63) is 59.4 Å². The van der Waals surface area contributed by atoms with Gasteiger partial charge in [-0.2, -0.15) is 4.31 Å². The zero-order valence-corrected chi connectivity index (χ0v) is 16.1. The molecule has 0 saturated carbocycles. The highest BCUT2D eigenvalue weighted by atomic mass is 32.2. The van der Waals surface area contributed by atoms with E-state index in [1.165, 1.54) is 22.5 Å². The molecule has 0 aromatic heterocycles. The topological polar surface area (TPSA) is 66.5 Å². The number of nitrogens with one attached hydrogen (secondary N) is 1. The average Bonchev–Trinajstić information content (AvgIpc) is 2.66. The Bertz CT molecular complexity index is 921. The Kier molecular flexibility index (Phi) is 5.92. The Morgan fingerprint density at radius 1 is 1.07 bits per heavy atom. The van der Waals surface area contributed by atoms with Gasteiger partial charge in [-0.3, -0.25) is 4.79 Å². The lowest BCUT2D eigenvalue weighted by Crippen LogP contribution is -2.35. The molecular formula is C20H23FN2O3S. The van der Waals surface area contributed by atoms with Crippen LogP contribution in [0.3, 0.4) is 0 Å². The first-order valence-corrected chi connectivity index (χ1v) is 10.5. The first-order valence-electron chi connectivity index (χ1n) is 9.01. The fourth-order valence-corrected chi connectivity index (χ4v) is 4.68. The summed E-state index contributed by atoms with van der Waals surface area (Å²) in [6, 6.07) is 10.5. The van der Waals surface area contributed by atoms with E-state index < -0.39 is 10.0 Å². The average molecular weight is 390 g/mol. The van der Waals surface area contributed by atoms with Crippen LogP contribution >= 0.6 is 0 Å². The molecule has 144 valence electrons. The van der Waals surface area contributed by atoms with E-state index in [-0.39, 0.29) is 23.0 Å². The standard InChI is InChI=1S/C20H23FN2O3S/c1-15-5-10-18(27(25,26)23-11-3-2-4-12-23)14-19(15)22-20(24)13-16-6-8-17(21)9-7-16/h5-10,14H,2-4,11-13H2,1H3,(H,22,24). The molecule has 0 unspecified atom stereocenters. The van der Waals surface area contributed by atoms with E-state index in [0.29, 0.717) is 24.3 Å². The third-order valence-corrected chi connectivity index (χ3v) is 6.61. The highest BCUT2D eigenvalue weighted by Gasteiger charge is 2.26. The van der Waals surface area contributed by atoms with Gasteiger partial charge in [-0.1, -0.05) is 24.6 Å². The van der Waals surface area contributed by atoms with Gasteiger partial charge in [-0.15, -0.1) is 0 Å². The number of anilines is 1. The second-order valence-corrected chi connectivity index (χ2v) is 8.73. The largest absolute Gasteiger partial charge is 0.326 e. The minimum atomic E-state index is -3.56. The van der Waals surface area contributed by atoms with E-state index in [9.17, 15) is 17.6 Å². The number of benzene rings is 2. The molecule has 0 atom stereocenters. The number of carbonyl (C=O) groups is 1. The van der Waals surface area contributed by atoms with Gasteiger partial charge in [0.15, 0.2) is 0 Å². The zero-order chi connectivity index (χ0) is 19.4. The fourth-order valence-electron chi connectivity index (χ4n) is 3.13. The van der Waals surface area contributed by atoms with Crippen molar-refractivity contribution in [2.75, 3.05) is 18.4 Å². The maximum Gasteiger partial charge on any atom is 0.243 e. The second-order valence-electron chi connectivity index (χ2n) is 6.79. The predicted molar refractivity (Wildman–Crippen MR) is 103 cm³/mol. The minimum absolute atomic E-state index is 0.0861. The summed E-state index contributed by atoms with van der Waals surface area (Å²) in [5.41, 5.74) is 1.93. The Labute approximate surface area is 159 Å². The maximum absolute atomic E-state index is 13.0. The van der Waals surface area contributed by atoms with Crippen molar-refractivity contribution in [1.29, 1.82) is 0 Å². The number of rotatable bonds is 5. The van der Waals surface area contributed by atoms with Crippen molar-refractivity contribution in [3.63, 3.8) is 0 Å². The number of amides is 1. The molecule has 1 amide bonds. The summed E-state index contributed by atoms with van der Waals surface area (Å²) < 4.78 is 40.2. The van der Waals surface area contributed by atoms with Crippen LogP contribution < -0.4 is 5.32 Å².